The molecule has 0 saturated heterocycles. The fourth-order valence-electron chi connectivity index (χ4n) is 2.05. The smallest absolute Gasteiger partial charge is 0.357 e. The van der Waals surface area contributed by atoms with E-state index in [1.165, 1.54) is 37.7 Å². The van der Waals surface area contributed by atoms with Gasteiger partial charge < -0.3 is 10.1 Å². The Bertz CT molecular complexity index is 378. The van der Waals surface area contributed by atoms with Crippen LogP contribution in [0, 0.1) is 5.92 Å². The van der Waals surface area contributed by atoms with Gasteiger partial charge >= 0.3 is 5.97 Å². The van der Waals surface area contributed by atoms with Crippen LogP contribution in [0.4, 0.5) is 5.13 Å². The van der Waals surface area contributed by atoms with Crippen molar-refractivity contribution in [1.82, 2.24) is 4.98 Å². The zero-order valence-electron chi connectivity index (χ0n) is 9.53. The summed E-state index contributed by atoms with van der Waals surface area (Å²) in [5.74, 6) is 0.418. The fourth-order valence-corrected chi connectivity index (χ4v) is 2.81. The predicted molar refractivity (Wildman–Crippen MR) is 63.9 cm³/mol. The summed E-state index contributed by atoms with van der Waals surface area (Å²) in [6, 6.07) is 0.506. The summed E-state index contributed by atoms with van der Waals surface area (Å²) in [7, 11) is 1.37. The maximum absolute atomic E-state index is 11.2. The highest BCUT2D eigenvalue weighted by Crippen LogP contribution is 2.28. The van der Waals surface area contributed by atoms with Crippen LogP contribution in [-0.2, 0) is 4.74 Å². The fraction of sp³-hybridized carbons (Fsp3) is 0.636. The molecule has 2 rings (SSSR count). The first-order valence-corrected chi connectivity index (χ1v) is 6.37. The van der Waals surface area contributed by atoms with Crippen molar-refractivity contribution in [3.63, 3.8) is 0 Å². The summed E-state index contributed by atoms with van der Waals surface area (Å²) in [4.78, 5) is 15.4. The van der Waals surface area contributed by atoms with Gasteiger partial charge in [0.15, 0.2) is 10.8 Å². The number of carbonyl (C=O) groups excluding carboxylic acids is 1. The van der Waals surface area contributed by atoms with E-state index in [1.54, 1.807) is 5.38 Å². The molecule has 0 aromatic carbocycles. The van der Waals surface area contributed by atoms with Gasteiger partial charge in [-0.2, -0.15) is 0 Å². The lowest BCUT2D eigenvalue weighted by atomic mass is 10.1. The molecule has 2 unspecified atom stereocenters. The number of hydrogen-bond acceptors (Lipinski definition) is 5. The summed E-state index contributed by atoms with van der Waals surface area (Å²) < 4.78 is 4.61. The number of aromatic nitrogens is 1. The Hall–Kier alpha value is -1.10. The summed E-state index contributed by atoms with van der Waals surface area (Å²) in [5, 5.41) is 5.92. The van der Waals surface area contributed by atoms with Gasteiger partial charge in [0.1, 0.15) is 0 Å². The monoisotopic (exact) mass is 240 g/mol. The minimum absolute atomic E-state index is 0.371. The zero-order chi connectivity index (χ0) is 11.5. The Balaban J connectivity index is 1.95. The van der Waals surface area contributed by atoms with Crippen LogP contribution in [0.2, 0.25) is 0 Å². The van der Waals surface area contributed by atoms with Crippen LogP contribution >= 0.6 is 11.3 Å². The molecular formula is C11H16N2O2S. The highest BCUT2D eigenvalue weighted by atomic mass is 32.1. The van der Waals surface area contributed by atoms with E-state index in [4.69, 9.17) is 0 Å². The molecule has 1 saturated carbocycles. The minimum Gasteiger partial charge on any atom is -0.464 e. The Kier molecular flexibility index (Phi) is 3.43. The quantitative estimate of drug-likeness (QED) is 0.825. The van der Waals surface area contributed by atoms with Gasteiger partial charge in [-0.05, 0) is 25.2 Å². The zero-order valence-corrected chi connectivity index (χ0v) is 10.3. The lowest BCUT2D eigenvalue weighted by Crippen LogP contribution is -2.15. The molecule has 0 bridgehead atoms. The average Bonchev–Trinajstić information content (AvgIpc) is 2.87. The third-order valence-electron chi connectivity index (χ3n) is 2.92. The maximum atomic E-state index is 11.2. The number of nitrogens with zero attached hydrogens (tertiary/aromatic N) is 1. The molecule has 1 aliphatic carbocycles. The molecule has 1 N–H and O–H groups in total. The molecule has 0 radical (unpaired) electrons. The SMILES string of the molecule is COC(=O)c1csc(NC2CCC(C)C2)n1. The van der Waals surface area contributed by atoms with Crippen molar-refractivity contribution in [1.29, 1.82) is 0 Å². The second-order valence-electron chi connectivity index (χ2n) is 4.29. The topological polar surface area (TPSA) is 51.2 Å². The molecular weight excluding hydrogens is 224 g/mol. The molecule has 1 fully saturated rings. The van der Waals surface area contributed by atoms with Gasteiger partial charge in [0.25, 0.3) is 0 Å². The van der Waals surface area contributed by atoms with Gasteiger partial charge in [-0.3, -0.25) is 0 Å². The van der Waals surface area contributed by atoms with Crippen LogP contribution in [0.1, 0.15) is 36.7 Å². The van der Waals surface area contributed by atoms with Gasteiger partial charge in [-0.1, -0.05) is 6.92 Å². The van der Waals surface area contributed by atoms with Crippen molar-refractivity contribution in [2.45, 2.75) is 32.2 Å². The van der Waals surface area contributed by atoms with Gasteiger partial charge in [0.05, 0.1) is 7.11 Å². The molecule has 0 aliphatic heterocycles. The second-order valence-corrected chi connectivity index (χ2v) is 5.15. The van der Waals surface area contributed by atoms with Crippen LogP contribution in [0.3, 0.4) is 0 Å². The third-order valence-corrected chi connectivity index (χ3v) is 3.69. The summed E-state index contributed by atoms with van der Waals surface area (Å²) in [6.07, 6.45) is 3.65. The molecule has 0 spiro atoms. The van der Waals surface area contributed by atoms with E-state index in [-0.39, 0.29) is 5.97 Å². The Morgan fingerprint density at radius 3 is 3.06 bits per heavy atom. The Morgan fingerprint density at radius 1 is 1.62 bits per heavy atom. The average molecular weight is 240 g/mol. The Labute approximate surface area is 99.0 Å². The van der Waals surface area contributed by atoms with Gasteiger partial charge in [-0.15, -0.1) is 11.3 Å². The van der Waals surface area contributed by atoms with Crippen LogP contribution < -0.4 is 5.32 Å². The molecule has 5 heteroatoms. The van der Waals surface area contributed by atoms with Gasteiger partial charge in [0, 0.05) is 11.4 Å². The summed E-state index contributed by atoms with van der Waals surface area (Å²) >= 11 is 1.46. The molecule has 16 heavy (non-hydrogen) atoms. The molecule has 1 heterocycles. The normalized spacial score (nSPS) is 24.4. The molecule has 2 atom stereocenters. The minimum atomic E-state index is -0.371. The molecule has 0 amide bonds. The summed E-state index contributed by atoms with van der Waals surface area (Å²) in [6.45, 7) is 2.27. The molecule has 1 aromatic heterocycles. The van der Waals surface area contributed by atoms with E-state index < -0.39 is 0 Å². The first-order chi connectivity index (χ1) is 7.69. The predicted octanol–water partition coefficient (Wildman–Crippen LogP) is 2.53. The van der Waals surface area contributed by atoms with E-state index >= 15 is 0 Å². The number of nitrogens with one attached hydrogen (secondary N) is 1. The van der Waals surface area contributed by atoms with Gasteiger partial charge in [0.2, 0.25) is 0 Å². The van der Waals surface area contributed by atoms with Crippen molar-refractivity contribution < 1.29 is 9.53 Å². The molecule has 4 nitrogen and oxygen atoms in total. The van der Waals surface area contributed by atoms with Crippen LogP contribution in [0.5, 0.6) is 0 Å². The number of thiazole rings is 1. The molecule has 1 aliphatic rings. The highest BCUT2D eigenvalue weighted by Gasteiger charge is 2.22. The maximum Gasteiger partial charge on any atom is 0.357 e. The van der Waals surface area contributed by atoms with Crippen molar-refractivity contribution in [3.05, 3.63) is 11.1 Å². The largest absolute Gasteiger partial charge is 0.464 e. The number of anilines is 1. The van der Waals surface area contributed by atoms with Crippen LogP contribution in [0.15, 0.2) is 5.38 Å². The first-order valence-electron chi connectivity index (χ1n) is 5.49. The van der Waals surface area contributed by atoms with Crippen molar-refractivity contribution in [2.75, 3.05) is 12.4 Å². The van der Waals surface area contributed by atoms with Crippen LogP contribution in [-0.4, -0.2) is 24.1 Å². The lowest BCUT2D eigenvalue weighted by Gasteiger charge is -2.10. The van der Waals surface area contributed by atoms with Crippen molar-refractivity contribution >= 4 is 22.4 Å². The number of rotatable bonds is 3. The molecule has 1 aromatic rings. The van der Waals surface area contributed by atoms with E-state index in [9.17, 15) is 4.79 Å². The highest BCUT2D eigenvalue weighted by molar-refractivity contribution is 7.13. The lowest BCUT2D eigenvalue weighted by molar-refractivity contribution is 0.0595. The van der Waals surface area contributed by atoms with E-state index in [1.807, 2.05) is 0 Å². The number of hydrogen-bond donors (Lipinski definition) is 1. The number of carbonyl (C=O) groups is 1. The summed E-state index contributed by atoms with van der Waals surface area (Å²) in [5.41, 5.74) is 0.390. The van der Waals surface area contributed by atoms with Gasteiger partial charge in [-0.25, -0.2) is 9.78 Å². The third kappa shape index (κ3) is 2.52. The number of ether oxygens (including phenoxy) is 1. The van der Waals surface area contributed by atoms with Crippen LogP contribution in [0.25, 0.3) is 0 Å². The number of methoxy groups -OCH3 is 1. The Morgan fingerprint density at radius 2 is 2.44 bits per heavy atom. The van der Waals surface area contributed by atoms with E-state index in [2.05, 4.69) is 22.0 Å². The standard InChI is InChI=1S/C11H16N2O2S/c1-7-3-4-8(5-7)12-11-13-9(6-16-11)10(14)15-2/h6-8H,3-5H2,1-2H3,(H,12,13). The van der Waals surface area contributed by atoms with E-state index in [0.29, 0.717) is 11.7 Å². The van der Waals surface area contributed by atoms with E-state index in [0.717, 1.165) is 11.0 Å². The van der Waals surface area contributed by atoms with Crippen molar-refractivity contribution in [2.24, 2.45) is 5.92 Å². The molecule has 88 valence electrons. The van der Waals surface area contributed by atoms with Crippen molar-refractivity contribution in [3.8, 4) is 0 Å². The number of esters is 1. The first kappa shape index (κ1) is 11.4. The second kappa shape index (κ2) is 4.82.